The van der Waals surface area contributed by atoms with Gasteiger partial charge in [-0.2, -0.15) is 0 Å². The molecule has 2 amide bonds. The molecule has 1 saturated heterocycles. The fourth-order valence-corrected chi connectivity index (χ4v) is 4.98. The topological polar surface area (TPSA) is 40.6 Å². The lowest BCUT2D eigenvalue weighted by atomic mass is 9.90. The average molecular weight is 449 g/mol. The number of hydrogen-bond donors (Lipinski definition) is 0. The van der Waals surface area contributed by atoms with Gasteiger partial charge in [0.15, 0.2) is 0 Å². The predicted molar refractivity (Wildman–Crippen MR) is 129 cm³/mol. The predicted octanol–water partition coefficient (Wildman–Crippen LogP) is 5.44. The van der Waals surface area contributed by atoms with E-state index in [0.717, 1.165) is 36.8 Å². The van der Waals surface area contributed by atoms with Crippen LogP contribution in [0.3, 0.4) is 0 Å². The van der Waals surface area contributed by atoms with E-state index in [1.807, 2.05) is 46.2 Å². The van der Waals surface area contributed by atoms with Crippen molar-refractivity contribution in [1.82, 2.24) is 9.80 Å². The van der Waals surface area contributed by atoms with E-state index in [2.05, 4.69) is 0 Å². The standard InChI is InChI=1S/C28H33FN2O2/c29-25-14-11-23(12-15-25)21-31(26-9-5-2-6-10-26)28(33)24-17-19-30(20-18-24)27(32)16-13-22-7-3-1-4-8-22/h1,3-4,7-8,11-16,24,26H,2,5-6,9-10,17-21H2/b16-13+. The number of carbonyl (C=O) groups excluding carboxylic acids is 2. The highest BCUT2D eigenvalue weighted by Crippen LogP contribution is 2.28. The molecule has 0 N–H and O–H groups in total. The minimum atomic E-state index is -0.257. The van der Waals surface area contributed by atoms with Crippen molar-refractivity contribution >= 4 is 17.9 Å². The minimum Gasteiger partial charge on any atom is -0.339 e. The van der Waals surface area contributed by atoms with E-state index < -0.39 is 0 Å². The first-order chi connectivity index (χ1) is 16.1. The number of carbonyl (C=O) groups is 2. The summed E-state index contributed by atoms with van der Waals surface area (Å²) in [7, 11) is 0. The smallest absolute Gasteiger partial charge is 0.246 e. The van der Waals surface area contributed by atoms with E-state index in [-0.39, 0.29) is 29.6 Å². The number of benzene rings is 2. The van der Waals surface area contributed by atoms with E-state index in [9.17, 15) is 14.0 Å². The number of rotatable bonds is 6. The van der Waals surface area contributed by atoms with Crippen LogP contribution in [0.1, 0.15) is 56.1 Å². The van der Waals surface area contributed by atoms with Crippen LogP contribution in [0, 0.1) is 11.7 Å². The first-order valence-corrected chi connectivity index (χ1v) is 12.2. The van der Waals surface area contributed by atoms with Crippen molar-refractivity contribution in [2.75, 3.05) is 13.1 Å². The Morgan fingerprint density at radius 3 is 2.24 bits per heavy atom. The number of nitrogens with zero attached hydrogens (tertiary/aromatic N) is 2. The van der Waals surface area contributed by atoms with Crippen LogP contribution in [-0.2, 0) is 16.1 Å². The second-order valence-electron chi connectivity index (χ2n) is 9.23. The molecule has 0 unspecified atom stereocenters. The molecule has 1 heterocycles. The fourth-order valence-electron chi connectivity index (χ4n) is 4.98. The quantitative estimate of drug-likeness (QED) is 0.552. The molecule has 0 atom stereocenters. The third-order valence-electron chi connectivity index (χ3n) is 6.94. The number of amides is 2. The molecule has 1 aliphatic heterocycles. The lowest BCUT2D eigenvalue weighted by molar-refractivity contribution is -0.142. The van der Waals surface area contributed by atoms with E-state index in [0.29, 0.717) is 32.5 Å². The molecular weight excluding hydrogens is 415 g/mol. The molecule has 2 fully saturated rings. The molecule has 0 spiro atoms. The Bertz CT molecular complexity index is 944. The minimum absolute atomic E-state index is 0.000186. The molecule has 2 aromatic rings. The normalized spacial score (nSPS) is 17.9. The van der Waals surface area contributed by atoms with Gasteiger partial charge >= 0.3 is 0 Å². The second-order valence-corrected chi connectivity index (χ2v) is 9.23. The van der Waals surface area contributed by atoms with Crippen molar-refractivity contribution in [2.24, 2.45) is 5.92 Å². The molecule has 0 bridgehead atoms. The van der Waals surface area contributed by atoms with Gasteiger partial charge < -0.3 is 9.80 Å². The van der Waals surface area contributed by atoms with Gasteiger partial charge in [0.05, 0.1) is 0 Å². The summed E-state index contributed by atoms with van der Waals surface area (Å²) in [4.78, 5) is 30.1. The molecule has 1 aliphatic carbocycles. The van der Waals surface area contributed by atoms with Crippen LogP contribution in [0.2, 0.25) is 0 Å². The molecule has 4 rings (SSSR count). The Labute approximate surface area is 196 Å². The molecule has 2 aliphatic rings. The summed E-state index contributed by atoms with van der Waals surface area (Å²) in [5.74, 6) is -0.125. The van der Waals surface area contributed by atoms with Gasteiger partial charge in [-0.1, -0.05) is 61.7 Å². The molecule has 2 aromatic carbocycles. The lowest BCUT2D eigenvalue weighted by Gasteiger charge is -2.39. The number of halogens is 1. The summed E-state index contributed by atoms with van der Waals surface area (Å²) in [5, 5.41) is 0. The summed E-state index contributed by atoms with van der Waals surface area (Å²) in [6.07, 6.45) is 10.5. The van der Waals surface area contributed by atoms with Crippen LogP contribution in [0.5, 0.6) is 0 Å². The van der Waals surface area contributed by atoms with E-state index in [1.165, 1.54) is 18.6 Å². The number of hydrogen-bond acceptors (Lipinski definition) is 2. The monoisotopic (exact) mass is 448 g/mol. The summed E-state index contributed by atoms with van der Waals surface area (Å²) in [6, 6.07) is 16.5. The van der Waals surface area contributed by atoms with Gasteiger partial charge in [-0.3, -0.25) is 9.59 Å². The zero-order valence-corrected chi connectivity index (χ0v) is 19.2. The van der Waals surface area contributed by atoms with Crippen molar-refractivity contribution in [3.63, 3.8) is 0 Å². The molecule has 174 valence electrons. The Kier molecular flexibility index (Phi) is 7.92. The van der Waals surface area contributed by atoms with Gasteiger partial charge in [0.1, 0.15) is 5.82 Å². The molecule has 0 aromatic heterocycles. The Balaban J connectivity index is 1.37. The van der Waals surface area contributed by atoms with Crippen molar-refractivity contribution in [1.29, 1.82) is 0 Å². The molecule has 33 heavy (non-hydrogen) atoms. The molecule has 1 saturated carbocycles. The average Bonchev–Trinajstić information content (AvgIpc) is 2.88. The maximum Gasteiger partial charge on any atom is 0.246 e. The van der Waals surface area contributed by atoms with E-state index in [1.54, 1.807) is 18.2 Å². The zero-order valence-electron chi connectivity index (χ0n) is 19.2. The third kappa shape index (κ3) is 6.31. The highest BCUT2D eigenvalue weighted by Gasteiger charge is 2.33. The highest BCUT2D eigenvalue weighted by atomic mass is 19.1. The molecule has 5 heteroatoms. The zero-order chi connectivity index (χ0) is 23.0. The summed E-state index contributed by atoms with van der Waals surface area (Å²) in [6.45, 7) is 1.73. The van der Waals surface area contributed by atoms with Gasteiger partial charge in [0.25, 0.3) is 0 Å². The highest BCUT2D eigenvalue weighted by molar-refractivity contribution is 5.92. The van der Waals surface area contributed by atoms with Gasteiger partial charge in [0, 0.05) is 37.7 Å². The SMILES string of the molecule is O=C(/C=C/c1ccccc1)N1CCC(C(=O)N(Cc2ccc(F)cc2)C2CCCCC2)CC1. The van der Waals surface area contributed by atoms with Crippen molar-refractivity contribution in [3.8, 4) is 0 Å². The Morgan fingerprint density at radius 2 is 1.58 bits per heavy atom. The second kappa shape index (κ2) is 11.3. The van der Waals surface area contributed by atoms with Gasteiger partial charge in [-0.25, -0.2) is 4.39 Å². The summed E-state index contributed by atoms with van der Waals surface area (Å²) < 4.78 is 13.4. The summed E-state index contributed by atoms with van der Waals surface area (Å²) in [5.41, 5.74) is 1.97. The van der Waals surface area contributed by atoms with Gasteiger partial charge in [0.2, 0.25) is 11.8 Å². The van der Waals surface area contributed by atoms with Crippen LogP contribution >= 0.6 is 0 Å². The maximum absolute atomic E-state index is 13.6. The molecule has 0 radical (unpaired) electrons. The van der Waals surface area contributed by atoms with Crippen LogP contribution < -0.4 is 0 Å². The van der Waals surface area contributed by atoms with Crippen LogP contribution in [0.25, 0.3) is 6.08 Å². The third-order valence-corrected chi connectivity index (χ3v) is 6.94. The van der Waals surface area contributed by atoms with Crippen LogP contribution in [0.15, 0.2) is 60.7 Å². The van der Waals surface area contributed by atoms with Crippen molar-refractivity contribution < 1.29 is 14.0 Å². The van der Waals surface area contributed by atoms with Crippen LogP contribution in [-0.4, -0.2) is 40.7 Å². The first-order valence-electron chi connectivity index (χ1n) is 12.2. The summed E-state index contributed by atoms with van der Waals surface area (Å²) >= 11 is 0. The largest absolute Gasteiger partial charge is 0.339 e. The van der Waals surface area contributed by atoms with Gasteiger partial charge in [-0.05, 0) is 55.0 Å². The van der Waals surface area contributed by atoms with Gasteiger partial charge in [-0.15, -0.1) is 0 Å². The Hall–Kier alpha value is -2.95. The van der Waals surface area contributed by atoms with Crippen molar-refractivity contribution in [2.45, 2.75) is 57.5 Å². The maximum atomic E-state index is 13.6. The first kappa shape index (κ1) is 23.2. The molecule has 4 nitrogen and oxygen atoms in total. The molecular formula is C28H33FN2O2. The van der Waals surface area contributed by atoms with Crippen molar-refractivity contribution in [3.05, 3.63) is 77.6 Å². The van der Waals surface area contributed by atoms with E-state index >= 15 is 0 Å². The lowest BCUT2D eigenvalue weighted by Crippen LogP contribution is -2.47. The van der Waals surface area contributed by atoms with Crippen LogP contribution in [0.4, 0.5) is 4.39 Å². The number of likely N-dealkylation sites (tertiary alicyclic amines) is 1. The fraction of sp³-hybridized carbons (Fsp3) is 0.429. The Morgan fingerprint density at radius 1 is 0.909 bits per heavy atom. The number of piperidine rings is 1. The van der Waals surface area contributed by atoms with E-state index in [4.69, 9.17) is 0 Å².